The Morgan fingerprint density at radius 2 is 1.42 bits per heavy atom. The lowest BCUT2D eigenvalue weighted by atomic mass is 10.4. The van der Waals surface area contributed by atoms with E-state index < -0.39 is 0 Å². The largest absolute Gasteiger partial charge is 0.105 e. The Hall–Kier alpha value is 0.790. The predicted molar refractivity (Wildman–Crippen MR) is 67.3 cm³/mol. The van der Waals surface area contributed by atoms with Gasteiger partial charge in [0.25, 0.3) is 0 Å². The first kappa shape index (κ1) is 12.8. The first-order chi connectivity index (χ1) is 5.60. The van der Waals surface area contributed by atoms with E-state index in [1.54, 1.807) is 0 Å². The Kier molecular flexibility index (Phi) is 7.69. The third kappa shape index (κ3) is 6.32. The Bertz CT molecular complexity index is 120. The van der Waals surface area contributed by atoms with Crippen molar-refractivity contribution in [2.45, 2.75) is 51.0 Å². The molecule has 0 aromatic carbocycles. The van der Waals surface area contributed by atoms with Crippen LogP contribution >= 0.6 is 35.7 Å². The summed E-state index contributed by atoms with van der Waals surface area (Å²) >= 11 is 8.94. The molecule has 0 saturated carbocycles. The van der Waals surface area contributed by atoms with Gasteiger partial charge in [0.15, 0.2) is 0 Å². The summed E-state index contributed by atoms with van der Waals surface area (Å²) in [6.07, 6.45) is 2.40. The minimum absolute atomic E-state index is 0.675. The molecule has 0 aliphatic carbocycles. The van der Waals surface area contributed by atoms with Crippen molar-refractivity contribution in [3.05, 3.63) is 0 Å². The Labute approximate surface area is 90.3 Å². The Morgan fingerprint density at radius 1 is 1.08 bits per heavy atom. The van der Waals surface area contributed by atoms with Crippen molar-refractivity contribution in [3.8, 4) is 0 Å². The normalized spacial score (nSPS) is 15.7. The van der Waals surface area contributed by atoms with Gasteiger partial charge in [-0.05, 0) is 12.8 Å². The zero-order valence-corrected chi connectivity index (χ0v) is 10.7. The van der Waals surface area contributed by atoms with Crippen LogP contribution in [-0.4, -0.2) is 14.0 Å². The minimum atomic E-state index is 0.675. The molecular formula is C9H18S3. The fourth-order valence-electron chi connectivity index (χ4n) is 0.523. The van der Waals surface area contributed by atoms with E-state index in [4.69, 9.17) is 12.2 Å². The third-order valence-electron chi connectivity index (χ3n) is 1.74. The average molecular weight is 222 g/mol. The van der Waals surface area contributed by atoms with Crippen LogP contribution in [0.15, 0.2) is 0 Å². The molecule has 3 heteroatoms. The van der Waals surface area contributed by atoms with Crippen LogP contribution in [0.5, 0.6) is 0 Å². The second-order valence-corrected chi connectivity index (χ2v) is 7.00. The van der Waals surface area contributed by atoms with Crippen LogP contribution in [0.4, 0.5) is 0 Å². The van der Waals surface area contributed by atoms with Gasteiger partial charge in [0, 0.05) is 10.5 Å². The molecule has 0 N–H and O–H groups in total. The summed E-state index contributed by atoms with van der Waals surface area (Å²) in [5.74, 6) is 0. The van der Waals surface area contributed by atoms with E-state index in [9.17, 15) is 0 Å². The molecule has 0 radical (unpaired) electrons. The number of hydrogen-bond acceptors (Lipinski definition) is 3. The van der Waals surface area contributed by atoms with Crippen molar-refractivity contribution in [1.82, 2.24) is 0 Å². The predicted octanol–water partition coefficient (Wildman–Crippen LogP) is 4.33. The highest BCUT2D eigenvalue weighted by Crippen LogP contribution is 2.27. The third-order valence-corrected chi connectivity index (χ3v) is 4.76. The van der Waals surface area contributed by atoms with Crippen LogP contribution < -0.4 is 0 Å². The van der Waals surface area contributed by atoms with Crippen molar-refractivity contribution < 1.29 is 0 Å². The molecule has 2 atom stereocenters. The van der Waals surface area contributed by atoms with Crippen LogP contribution in [0.3, 0.4) is 0 Å². The van der Waals surface area contributed by atoms with Gasteiger partial charge >= 0.3 is 0 Å². The van der Waals surface area contributed by atoms with E-state index in [0.29, 0.717) is 10.5 Å². The number of hydrogen-bond donors (Lipinski definition) is 0. The SMILES string of the molecule is CCC(C)SC(=S)SC(C)CC. The molecule has 12 heavy (non-hydrogen) atoms. The van der Waals surface area contributed by atoms with Crippen LogP contribution in [0, 0.1) is 0 Å². The highest BCUT2D eigenvalue weighted by atomic mass is 32.2. The van der Waals surface area contributed by atoms with Gasteiger partial charge in [0.05, 0.1) is 0 Å². The molecule has 0 bridgehead atoms. The summed E-state index contributed by atoms with van der Waals surface area (Å²) in [6, 6.07) is 0. The lowest BCUT2D eigenvalue weighted by Gasteiger charge is -2.11. The molecule has 0 rings (SSSR count). The lowest BCUT2D eigenvalue weighted by Crippen LogP contribution is -2.00. The van der Waals surface area contributed by atoms with E-state index in [0.717, 1.165) is 3.53 Å². The highest BCUT2D eigenvalue weighted by Gasteiger charge is 2.08. The monoisotopic (exact) mass is 222 g/mol. The maximum Gasteiger partial charge on any atom is 0.104 e. The molecule has 0 fully saturated rings. The zero-order chi connectivity index (χ0) is 9.56. The zero-order valence-electron chi connectivity index (χ0n) is 8.29. The molecule has 0 spiro atoms. The molecule has 0 aromatic heterocycles. The highest BCUT2D eigenvalue weighted by molar-refractivity contribution is 8.47. The van der Waals surface area contributed by atoms with Crippen LogP contribution in [-0.2, 0) is 0 Å². The molecule has 0 heterocycles. The summed E-state index contributed by atoms with van der Waals surface area (Å²) in [7, 11) is 0. The maximum absolute atomic E-state index is 5.26. The average Bonchev–Trinajstić information content (AvgIpc) is 2.03. The number of thiocarbonyl (C=S) groups is 1. The fourth-order valence-corrected chi connectivity index (χ4v) is 3.71. The molecular weight excluding hydrogens is 204 g/mol. The van der Waals surface area contributed by atoms with E-state index >= 15 is 0 Å². The quantitative estimate of drug-likeness (QED) is 0.650. The van der Waals surface area contributed by atoms with Gasteiger partial charge in [-0.25, -0.2) is 0 Å². The first-order valence-electron chi connectivity index (χ1n) is 4.47. The Morgan fingerprint density at radius 3 is 1.67 bits per heavy atom. The molecule has 0 amide bonds. The first-order valence-corrected chi connectivity index (χ1v) is 6.64. The second kappa shape index (κ2) is 7.22. The summed E-state index contributed by atoms with van der Waals surface area (Å²) < 4.78 is 1.11. The Balaban J connectivity index is 3.59. The van der Waals surface area contributed by atoms with Crippen LogP contribution in [0.25, 0.3) is 0 Å². The van der Waals surface area contributed by atoms with Gasteiger partial charge in [-0.2, -0.15) is 0 Å². The second-order valence-electron chi connectivity index (χ2n) is 2.92. The summed E-state index contributed by atoms with van der Waals surface area (Å²) in [4.78, 5) is 0. The molecule has 0 aromatic rings. The molecule has 2 unspecified atom stereocenters. The van der Waals surface area contributed by atoms with E-state index in [1.807, 2.05) is 23.5 Å². The standard InChI is InChI=1S/C9H18S3/c1-5-7(3)11-9(10)12-8(4)6-2/h7-8H,5-6H2,1-4H3. The van der Waals surface area contributed by atoms with E-state index in [-0.39, 0.29) is 0 Å². The van der Waals surface area contributed by atoms with Crippen LogP contribution in [0.2, 0.25) is 0 Å². The van der Waals surface area contributed by atoms with Crippen LogP contribution in [0.1, 0.15) is 40.5 Å². The van der Waals surface area contributed by atoms with Crippen molar-refractivity contribution >= 4 is 39.3 Å². The summed E-state index contributed by atoms with van der Waals surface area (Å²) in [5, 5.41) is 1.35. The van der Waals surface area contributed by atoms with Gasteiger partial charge in [0.2, 0.25) is 0 Å². The minimum Gasteiger partial charge on any atom is -0.105 e. The molecule has 72 valence electrons. The van der Waals surface area contributed by atoms with Gasteiger partial charge in [-0.3, -0.25) is 0 Å². The van der Waals surface area contributed by atoms with Gasteiger partial charge in [-0.15, -0.1) is 23.5 Å². The number of rotatable bonds is 4. The summed E-state index contributed by atoms with van der Waals surface area (Å²) in [6.45, 7) is 8.87. The maximum atomic E-state index is 5.26. The van der Waals surface area contributed by atoms with Crippen molar-refractivity contribution in [2.75, 3.05) is 0 Å². The molecule has 0 aliphatic rings. The summed E-state index contributed by atoms with van der Waals surface area (Å²) in [5.41, 5.74) is 0. The topological polar surface area (TPSA) is 0 Å². The van der Waals surface area contributed by atoms with Crippen molar-refractivity contribution in [2.24, 2.45) is 0 Å². The molecule has 0 nitrogen and oxygen atoms in total. The molecule has 0 aliphatic heterocycles. The van der Waals surface area contributed by atoms with Crippen molar-refractivity contribution in [3.63, 3.8) is 0 Å². The number of thioether (sulfide) groups is 2. The lowest BCUT2D eigenvalue weighted by molar-refractivity contribution is 0.909. The smallest absolute Gasteiger partial charge is 0.104 e. The van der Waals surface area contributed by atoms with Gasteiger partial charge in [-0.1, -0.05) is 39.9 Å². The van der Waals surface area contributed by atoms with E-state index in [2.05, 4.69) is 27.7 Å². The van der Waals surface area contributed by atoms with E-state index in [1.165, 1.54) is 12.8 Å². The fraction of sp³-hybridized carbons (Fsp3) is 0.889. The van der Waals surface area contributed by atoms with Gasteiger partial charge in [0.1, 0.15) is 3.53 Å². The van der Waals surface area contributed by atoms with Crippen molar-refractivity contribution in [1.29, 1.82) is 0 Å². The molecule has 0 saturated heterocycles. The van der Waals surface area contributed by atoms with Gasteiger partial charge < -0.3 is 0 Å².